The summed E-state index contributed by atoms with van der Waals surface area (Å²) in [4.78, 5) is 14.3. The van der Waals surface area contributed by atoms with E-state index in [1.54, 1.807) is 17.0 Å². The molecule has 0 saturated carbocycles. The summed E-state index contributed by atoms with van der Waals surface area (Å²) in [6.07, 6.45) is 1.32. The highest BCUT2D eigenvalue weighted by Gasteiger charge is 2.35. The van der Waals surface area contributed by atoms with Gasteiger partial charge in [-0.25, -0.2) is 0 Å². The molecular formula is C18H21ClN2O3. The number of rotatable bonds is 3. The molecule has 2 heterocycles. The van der Waals surface area contributed by atoms with Gasteiger partial charge in [0.25, 0.3) is 0 Å². The van der Waals surface area contributed by atoms with E-state index in [1.165, 1.54) is 0 Å². The predicted octanol–water partition coefficient (Wildman–Crippen LogP) is 3.00. The molecule has 6 heteroatoms. The van der Waals surface area contributed by atoms with Gasteiger partial charge in [-0.2, -0.15) is 0 Å². The lowest BCUT2D eigenvalue weighted by atomic mass is 9.84. The number of likely N-dealkylation sites (tertiary alicyclic amines) is 1. The Labute approximate surface area is 146 Å². The van der Waals surface area contributed by atoms with Crippen molar-refractivity contribution in [2.24, 2.45) is 0 Å². The molecule has 1 amide bonds. The van der Waals surface area contributed by atoms with Gasteiger partial charge in [-0.05, 0) is 44.4 Å². The first-order valence-electron chi connectivity index (χ1n) is 8.07. The number of halogens is 1. The van der Waals surface area contributed by atoms with E-state index in [4.69, 9.17) is 16.1 Å². The van der Waals surface area contributed by atoms with Crippen LogP contribution in [0.1, 0.15) is 35.4 Å². The Hall–Kier alpha value is -1.85. The van der Waals surface area contributed by atoms with Crippen molar-refractivity contribution >= 4 is 17.5 Å². The Balaban J connectivity index is 1.64. The van der Waals surface area contributed by atoms with Crippen molar-refractivity contribution in [2.45, 2.75) is 38.7 Å². The Morgan fingerprint density at radius 1 is 1.29 bits per heavy atom. The molecule has 5 nitrogen and oxygen atoms in total. The minimum Gasteiger partial charge on any atom is -0.385 e. The third-order valence-electron chi connectivity index (χ3n) is 4.83. The van der Waals surface area contributed by atoms with E-state index in [0.29, 0.717) is 43.1 Å². The molecule has 1 fully saturated rings. The summed E-state index contributed by atoms with van der Waals surface area (Å²) in [6.45, 7) is 4.72. The quantitative estimate of drug-likeness (QED) is 0.926. The smallest absolute Gasteiger partial charge is 0.227 e. The Morgan fingerprint density at radius 2 is 1.92 bits per heavy atom. The molecule has 0 spiro atoms. The van der Waals surface area contributed by atoms with Crippen LogP contribution in [0, 0.1) is 13.8 Å². The lowest BCUT2D eigenvalue weighted by Gasteiger charge is -2.38. The highest BCUT2D eigenvalue weighted by Crippen LogP contribution is 2.33. The zero-order valence-electron chi connectivity index (χ0n) is 13.9. The fraction of sp³-hybridized carbons (Fsp3) is 0.444. The van der Waals surface area contributed by atoms with E-state index >= 15 is 0 Å². The van der Waals surface area contributed by atoms with Gasteiger partial charge in [0, 0.05) is 23.7 Å². The molecule has 0 radical (unpaired) electrons. The first-order chi connectivity index (χ1) is 11.4. The summed E-state index contributed by atoms with van der Waals surface area (Å²) in [5.41, 5.74) is 1.57. The molecule has 1 N–H and O–H groups in total. The molecule has 0 unspecified atom stereocenters. The van der Waals surface area contributed by atoms with E-state index in [0.717, 1.165) is 16.8 Å². The Morgan fingerprint density at radius 3 is 2.46 bits per heavy atom. The summed E-state index contributed by atoms with van der Waals surface area (Å²) in [5.74, 6) is 0.734. The average Bonchev–Trinajstić information content (AvgIpc) is 2.88. The second-order valence-electron chi connectivity index (χ2n) is 6.40. The lowest BCUT2D eigenvalue weighted by Crippen LogP contribution is -2.45. The Bertz CT molecular complexity index is 712. The summed E-state index contributed by atoms with van der Waals surface area (Å²) in [7, 11) is 0. The molecule has 0 aliphatic carbocycles. The van der Waals surface area contributed by atoms with Gasteiger partial charge in [0.05, 0.1) is 17.7 Å². The second kappa shape index (κ2) is 6.57. The third-order valence-corrected chi connectivity index (χ3v) is 5.09. The Kier molecular flexibility index (Phi) is 4.65. The molecule has 0 bridgehead atoms. The third kappa shape index (κ3) is 3.32. The van der Waals surface area contributed by atoms with Crippen LogP contribution in [-0.4, -0.2) is 34.2 Å². The van der Waals surface area contributed by atoms with Gasteiger partial charge in [0.2, 0.25) is 5.91 Å². The van der Waals surface area contributed by atoms with Gasteiger partial charge >= 0.3 is 0 Å². The molecule has 24 heavy (non-hydrogen) atoms. The number of aromatic nitrogens is 1. The fourth-order valence-corrected chi connectivity index (χ4v) is 3.32. The van der Waals surface area contributed by atoms with Crippen molar-refractivity contribution in [3.8, 4) is 0 Å². The van der Waals surface area contributed by atoms with Crippen LogP contribution in [0.3, 0.4) is 0 Å². The number of benzene rings is 1. The number of carbonyl (C=O) groups is 1. The molecule has 1 aromatic heterocycles. The topological polar surface area (TPSA) is 66.6 Å². The maximum atomic E-state index is 12.5. The van der Waals surface area contributed by atoms with Crippen molar-refractivity contribution in [1.29, 1.82) is 0 Å². The van der Waals surface area contributed by atoms with Gasteiger partial charge in [0.1, 0.15) is 5.76 Å². The number of hydrogen-bond acceptors (Lipinski definition) is 4. The van der Waals surface area contributed by atoms with Crippen molar-refractivity contribution in [3.05, 3.63) is 51.9 Å². The van der Waals surface area contributed by atoms with Gasteiger partial charge in [-0.1, -0.05) is 28.9 Å². The molecule has 1 aliphatic heterocycles. The van der Waals surface area contributed by atoms with Gasteiger partial charge in [-0.15, -0.1) is 0 Å². The van der Waals surface area contributed by atoms with Crippen LogP contribution in [0.2, 0.25) is 5.02 Å². The monoisotopic (exact) mass is 348 g/mol. The first-order valence-corrected chi connectivity index (χ1v) is 8.45. The maximum absolute atomic E-state index is 12.5. The van der Waals surface area contributed by atoms with E-state index in [9.17, 15) is 9.90 Å². The molecule has 1 aromatic carbocycles. The molecule has 1 aliphatic rings. The minimum absolute atomic E-state index is 0.0440. The van der Waals surface area contributed by atoms with Crippen LogP contribution in [0.4, 0.5) is 0 Å². The van der Waals surface area contributed by atoms with Crippen molar-refractivity contribution in [1.82, 2.24) is 10.1 Å². The number of aryl methyl sites for hydroxylation is 2. The first kappa shape index (κ1) is 17.0. The SMILES string of the molecule is Cc1noc(C)c1CC(=O)N1CCC(O)(c2ccc(Cl)cc2)CC1. The molecular weight excluding hydrogens is 328 g/mol. The van der Waals surface area contributed by atoms with Crippen LogP contribution >= 0.6 is 11.6 Å². The van der Waals surface area contributed by atoms with Crippen LogP contribution in [0.25, 0.3) is 0 Å². The van der Waals surface area contributed by atoms with Crippen molar-refractivity contribution in [3.63, 3.8) is 0 Å². The summed E-state index contributed by atoms with van der Waals surface area (Å²) < 4.78 is 5.11. The molecule has 3 rings (SSSR count). The summed E-state index contributed by atoms with van der Waals surface area (Å²) in [6, 6.07) is 7.26. The summed E-state index contributed by atoms with van der Waals surface area (Å²) >= 11 is 5.91. The molecule has 128 valence electrons. The normalized spacial score (nSPS) is 17.1. The molecule has 2 aromatic rings. The van der Waals surface area contributed by atoms with E-state index in [2.05, 4.69) is 5.16 Å². The fourth-order valence-electron chi connectivity index (χ4n) is 3.19. The van der Waals surface area contributed by atoms with E-state index < -0.39 is 5.60 Å². The molecule has 0 atom stereocenters. The predicted molar refractivity (Wildman–Crippen MR) is 90.8 cm³/mol. The van der Waals surface area contributed by atoms with Gasteiger partial charge < -0.3 is 14.5 Å². The maximum Gasteiger partial charge on any atom is 0.227 e. The second-order valence-corrected chi connectivity index (χ2v) is 6.84. The number of amides is 1. The zero-order chi connectivity index (χ0) is 17.3. The molecule has 1 saturated heterocycles. The largest absolute Gasteiger partial charge is 0.385 e. The van der Waals surface area contributed by atoms with Crippen LogP contribution in [-0.2, 0) is 16.8 Å². The van der Waals surface area contributed by atoms with Gasteiger partial charge in [0.15, 0.2) is 0 Å². The number of piperidine rings is 1. The van der Waals surface area contributed by atoms with Crippen LogP contribution < -0.4 is 0 Å². The minimum atomic E-state index is -0.898. The van der Waals surface area contributed by atoms with Crippen molar-refractivity contribution < 1.29 is 14.4 Å². The highest BCUT2D eigenvalue weighted by atomic mass is 35.5. The van der Waals surface area contributed by atoms with Gasteiger partial charge in [-0.3, -0.25) is 4.79 Å². The lowest BCUT2D eigenvalue weighted by molar-refractivity contribution is -0.135. The zero-order valence-corrected chi connectivity index (χ0v) is 14.6. The van der Waals surface area contributed by atoms with E-state index in [-0.39, 0.29) is 5.91 Å². The number of hydrogen-bond donors (Lipinski definition) is 1. The standard InChI is InChI=1S/C18H21ClN2O3/c1-12-16(13(2)24-20-12)11-17(22)21-9-7-18(23,8-10-21)14-3-5-15(19)6-4-14/h3-6,23H,7-11H2,1-2H3. The highest BCUT2D eigenvalue weighted by molar-refractivity contribution is 6.30. The van der Waals surface area contributed by atoms with E-state index in [1.807, 2.05) is 26.0 Å². The summed E-state index contributed by atoms with van der Waals surface area (Å²) in [5, 5.41) is 15.4. The number of aliphatic hydroxyl groups is 1. The van der Waals surface area contributed by atoms with Crippen LogP contribution in [0.15, 0.2) is 28.8 Å². The average molecular weight is 349 g/mol. The van der Waals surface area contributed by atoms with Crippen molar-refractivity contribution in [2.75, 3.05) is 13.1 Å². The number of carbonyl (C=O) groups excluding carboxylic acids is 1. The number of nitrogens with zero attached hydrogens (tertiary/aromatic N) is 2. The van der Waals surface area contributed by atoms with Crippen LogP contribution in [0.5, 0.6) is 0 Å².